The van der Waals surface area contributed by atoms with E-state index in [0.717, 1.165) is 0 Å². The summed E-state index contributed by atoms with van der Waals surface area (Å²) in [5.41, 5.74) is 0. The van der Waals surface area contributed by atoms with E-state index in [2.05, 4.69) is 60.8 Å². The molecule has 0 bridgehead atoms. The van der Waals surface area contributed by atoms with Crippen molar-refractivity contribution in [2.75, 3.05) is 0 Å². The molecule has 166 valence electrons. The van der Waals surface area contributed by atoms with Crippen LogP contribution in [0.2, 0.25) is 0 Å². The minimum absolute atomic E-state index is 1.24. The van der Waals surface area contributed by atoms with E-state index in [-0.39, 0.29) is 0 Å². The predicted octanol–water partition coefficient (Wildman–Crippen LogP) is 10.9. The van der Waals surface area contributed by atoms with Gasteiger partial charge in [-0.2, -0.15) is 0 Å². The molecule has 5 aromatic rings. The first kappa shape index (κ1) is 21.9. The van der Waals surface area contributed by atoms with Crippen molar-refractivity contribution in [1.29, 1.82) is 0 Å². The Hall–Kier alpha value is -1.90. The molecular weight excluding hydrogens is 424 g/mol. The van der Waals surface area contributed by atoms with Crippen LogP contribution in [0.3, 0.4) is 0 Å². The Morgan fingerprint density at radius 3 is 1.91 bits per heavy atom. The lowest BCUT2D eigenvalue weighted by molar-refractivity contribution is 0.557. The van der Waals surface area contributed by atoms with Crippen LogP contribution in [-0.2, 0) is 6.42 Å². The number of unbranched alkanes of at least 4 members (excludes halogenated alkanes) is 9. The lowest BCUT2D eigenvalue weighted by Gasteiger charge is -2.05. The molecule has 0 atom stereocenters. The first-order chi connectivity index (χ1) is 15.8. The highest BCUT2D eigenvalue weighted by molar-refractivity contribution is 7.19. The van der Waals surface area contributed by atoms with E-state index in [1.807, 2.05) is 22.7 Å². The van der Waals surface area contributed by atoms with E-state index in [4.69, 9.17) is 0 Å². The second kappa shape index (κ2) is 10.4. The molecule has 0 aliphatic heterocycles. The largest absolute Gasteiger partial charge is 0.144 e. The second-order valence-corrected chi connectivity index (χ2v) is 11.4. The van der Waals surface area contributed by atoms with Crippen molar-refractivity contribution in [3.05, 3.63) is 58.8 Å². The quantitative estimate of drug-likeness (QED) is 0.136. The number of hydrogen-bond donors (Lipinski definition) is 0. The minimum Gasteiger partial charge on any atom is -0.144 e. The standard InChI is InChI=1S/C30H34S2/c1-2-3-4-5-6-7-8-9-10-11-12-24-21-28-27-20-22-13-15-29-25(17-18-31-29)26(22)19-23(27)14-16-30(28)32-24/h13-21H,2-12H2,1H3. The van der Waals surface area contributed by atoms with Gasteiger partial charge in [-0.3, -0.25) is 0 Å². The first-order valence-corrected chi connectivity index (χ1v) is 14.3. The van der Waals surface area contributed by atoms with E-state index >= 15 is 0 Å². The Bertz CT molecular complexity index is 1320. The number of hydrogen-bond acceptors (Lipinski definition) is 2. The maximum atomic E-state index is 2.48. The highest BCUT2D eigenvalue weighted by atomic mass is 32.1. The summed E-state index contributed by atoms with van der Waals surface area (Å²) in [6, 6.07) is 18.8. The maximum Gasteiger partial charge on any atom is 0.0352 e. The lowest BCUT2D eigenvalue weighted by Crippen LogP contribution is -1.84. The summed E-state index contributed by atoms with van der Waals surface area (Å²) in [7, 11) is 0. The molecule has 0 aliphatic carbocycles. The molecule has 0 saturated carbocycles. The van der Waals surface area contributed by atoms with E-state index in [1.54, 1.807) is 4.88 Å². The molecule has 2 heterocycles. The maximum absolute atomic E-state index is 2.48. The van der Waals surface area contributed by atoms with Gasteiger partial charge in [-0.1, -0.05) is 76.8 Å². The third kappa shape index (κ3) is 4.72. The third-order valence-corrected chi connectivity index (χ3v) is 8.96. The molecule has 0 N–H and O–H groups in total. The molecule has 3 aromatic carbocycles. The molecule has 2 aromatic heterocycles. The highest BCUT2D eigenvalue weighted by Crippen LogP contribution is 2.37. The first-order valence-electron chi connectivity index (χ1n) is 12.6. The zero-order valence-electron chi connectivity index (χ0n) is 19.3. The third-order valence-electron chi connectivity index (χ3n) is 6.91. The Morgan fingerprint density at radius 2 is 1.19 bits per heavy atom. The molecule has 0 aliphatic rings. The summed E-state index contributed by atoms with van der Waals surface area (Å²) in [5, 5.41) is 10.6. The van der Waals surface area contributed by atoms with Gasteiger partial charge in [0.1, 0.15) is 0 Å². The van der Waals surface area contributed by atoms with Crippen LogP contribution in [0.1, 0.15) is 76.0 Å². The molecule has 5 rings (SSSR count). The monoisotopic (exact) mass is 458 g/mol. The van der Waals surface area contributed by atoms with Crippen molar-refractivity contribution >= 4 is 64.4 Å². The molecule has 32 heavy (non-hydrogen) atoms. The summed E-state index contributed by atoms with van der Waals surface area (Å²) in [4.78, 5) is 1.56. The Labute approximate surface area is 200 Å². The topological polar surface area (TPSA) is 0 Å². The number of thiophene rings is 2. The summed E-state index contributed by atoms with van der Waals surface area (Å²) in [6.45, 7) is 2.29. The van der Waals surface area contributed by atoms with Crippen molar-refractivity contribution < 1.29 is 0 Å². The second-order valence-electron chi connectivity index (χ2n) is 9.31. The number of benzene rings is 3. The number of aryl methyl sites for hydroxylation is 1. The van der Waals surface area contributed by atoms with Gasteiger partial charge in [-0.15, -0.1) is 22.7 Å². The zero-order valence-corrected chi connectivity index (χ0v) is 20.9. The Kier molecular flexibility index (Phi) is 7.10. The van der Waals surface area contributed by atoms with E-state index < -0.39 is 0 Å². The van der Waals surface area contributed by atoms with Crippen LogP contribution in [0.15, 0.2) is 53.9 Å². The van der Waals surface area contributed by atoms with Crippen LogP contribution in [0, 0.1) is 0 Å². The summed E-state index contributed by atoms with van der Waals surface area (Å²) in [5.74, 6) is 0. The van der Waals surface area contributed by atoms with Crippen molar-refractivity contribution in [1.82, 2.24) is 0 Å². The molecule has 0 nitrogen and oxygen atoms in total. The predicted molar refractivity (Wildman–Crippen MR) is 148 cm³/mol. The van der Waals surface area contributed by atoms with E-state index in [1.165, 1.54) is 112 Å². The molecule has 0 spiro atoms. The molecule has 2 heteroatoms. The molecule has 0 saturated heterocycles. The number of fused-ring (bicyclic) bond motifs is 6. The van der Waals surface area contributed by atoms with Crippen LogP contribution < -0.4 is 0 Å². The van der Waals surface area contributed by atoms with Gasteiger partial charge in [0.25, 0.3) is 0 Å². The normalized spacial score (nSPS) is 12.0. The van der Waals surface area contributed by atoms with Gasteiger partial charge < -0.3 is 0 Å². The van der Waals surface area contributed by atoms with E-state index in [0.29, 0.717) is 0 Å². The van der Waals surface area contributed by atoms with Gasteiger partial charge in [0.05, 0.1) is 0 Å². The molecule has 0 unspecified atom stereocenters. The van der Waals surface area contributed by atoms with Crippen LogP contribution in [-0.4, -0.2) is 0 Å². The van der Waals surface area contributed by atoms with Gasteiger partial charge in [0.15, 0.2) is 0 Å². The highest BCUT2D eigenvalue weighted by Gasteiger charge is 2.09. The Morgan fingerprint density at radius 1 is 0.562 bits per heavy atom. The van der Waals surface area contributed by atoms with Gasteiger partial charge in [-0.25, -0.2) is 0 Å². The molecule has 0 fully saturated rings. The minimum atomic E-state index is 1.24. The summed E-state index contributed by atoms with van der Waals surface area (Å²) in [6.07, 6.45) is 15.3. The fraction of sp³-hybridized carbons (Fsp3) is 0.400. The Balaban J connectivity index is 1.24. The average molecular weight is 459 g/mol. The SMILES string of the molecule is CCCCCCCCCCCCc1cc2c(ccc3cc4c(ccc5sccc54)cc32)s1. The van der Waals surface area contributed by atoms with Crippen LogP contribution >= 0.6 is 22.7 Å². The van der Waals surface area contributed by atoms with Crippen molar-refractivity contribution in [2.45, 2.75) is 77.6 Å². The molecule has 0 amide bonds. The molecular formula is C30H34S2. The van der Waals surface area contributed by atoms with Gasteiger partial charge in [-0.05, 0) is 76.2 Å². The summed E-state index contributed by atoms with van der Waals surface area (Å²) < 4.78 is 2.82. The average Bonchev–Trinajstić information content (AvgIpc) is 3.46. The van der Waals surface area contributed by atoms with Crippen LogP contribution in [0.25, 0.3) is 41.7 Å². The fourth-order valence-electron chi connectivity index (χ4n) is 5.08. The zero-order chi connectivity index (χ0) is 21.8. The fourth-order valence-corrected chi connectivity index (χ4v) is 7.00. The van der Waals surface area contributed by atoms with Gasteiger partial charge in [0.2, 0.25) is 0 Å². The van der Waals surface area contributed by atoms with Crippen LogP contribution in [0.4, 0.5) is 0 Å². The van der Waals surface area contributed by atoms with Crippen molar-refractivity contribution in [3.8, 4) is 0 Å². The smallest absolute Gasteiger partial charge is 0.0352 e. The lowest BCUT2D eigenvalue weighted by atomic mass is 9.99. The van der Waals surface area contributed by atoms with Crippen molar-refractivity contribution in [2.24, 2.45) is 0 Å². The van der Waals surface area contributed by atoms with Gasteiger partial charge >= 0.3 is 0 Å². The number of rotatable bonds is 11. The van der Waals surface area contributed by atoms with Crippen molar-refractivity contribution in [3.63, 3.8) is 0 Å². The molecule has 0 radical (unpaired) electrons. The summed E-state index contributed by atoms with van der Waals surface area (Å²) >= 11 is 3.83. The van der Waals surface area contributed by atoms with E-state index in [9.17, 15) is 0 Å². The van der Waals surface area contributed by atoms with Crippen LogP contribution in [0.5, 0.6) is 0 Å². The van der Waals surface area contributed by atoms with Gasteiger partial charge in [0, 0.05) is 25.0 Å².